The maximum Gasteiger partial charge on any atom is 0.317 e. The molecule has 4 heterocycles. The molecule has 0 bridgehead atoms. The summed E-state index contributed by atoms with van der Waals surface area (Å²) < 4.78 is 0. The molecule has 4 rings (SSSR count). The number of nitrogens with one attached hydrogen (secondary N) is 2. The molecule has 118 valence electrons. The first-order valence-electron chi connectivity index (χ1n) is 7.74. The van der Waals surface area contributed by atoms with Gasteiger partial charge < -0.3 is 15.2 Å². The van der Waals surface area contributed by atoms with Crippen molar-refractivity contribution in [1.82, 2.24) is 30.2 Å². The summed E-state index contributed by atoms with van der Waals surface area (Å²) in [6, 6.07) is 1.95. The third kappa shape index (κ3) is 2.19. The number of likely N-dealkylation sites (tertiary alicyclic amines) is 1. The fourth-order valence-corrected chi connectivity index (χ4v) is 3.43. The normalized spacial score (nSPS) is 18.0. The first-order valence-corrected chi connectivity index (χ1v) is 7.74. The van der Waals surface area contributed by atoms with Crippen LogP contribution in [0, 0.1) is 6.92 Å². The maximum atomic E-state index is 11.9. The van der Waals surface area contributed by atoms with E-state index in [1.807, 2.05) is 17.9 Å². The summed E-state index contributed by atoms with van der Waals surface area (Å²) in [5, 5.41) is 4.78. The Hall–Kier alpha value is -2.70. The largest absolute Gasteiger partial charge is 0.346 e. The number of pyridine rings is 1. The van der Waals surface area contributed by atoms with Gasteiger partial charge in [-0.15, -0.1) is 0 Å². The molecule has 0 saturated carbocycles. The Morgan fingerprint density at radius 2 is 2.30 bits per heavy atom. The van der Waals surface area contributed by atoms with Crippen molar-refractivity contribution < 1.29 is 4.79 Å². The van der Waals surface area contributed by atoms with Gasteiger partial charge in [0.05, 0.1) is 11.7 Å². The molecule has 1 unspecified atom stereocenters. The Kier molecular flexibility index (Phi) is 3.14. The zero-order valence-corrected chi connectivity index (χ0v) is 13.1. The fraction of sp³-hybridized carbons (Fsp3) is 0.375. The highest BCUT2D eigenvalue weighted by atomic mass is 16.2. The van der Waals surface area contributed by atoms with Crippen LogP contribution in [-0.4, -0.2) is 51.0 Å². The minimum Gasteiger partial charge on any atom is -0.346 e. The van der Waals surface area contributed by atoms with Gasteiger partial charge in [0.25, 0.3) is 0 Å². The molecule has 3 aromatic rings. The van der Waals surface area contributed by atoms with Crippen LogP contribution in [0.2, 0.25) is 0 Å². The van der Waals surface area contributed by atoms with Crippen molar-refractivity contribution >= 4 is 28.0 Å². The molecular formula is C16H18N6O. The molecule has 1 aliphatic heterocycles. The number of rotatable bonds is 1. The molecule has 7 heteroatoms. The molecule has 0 spiro atoms. The van der Waals surface area contributed by atoms with Gasteiger partial charge in [0.2, 0.25) is 0 Å². The van der Waals surface area contributed by atoms with Crippen molar-refractivity contribution in [2.24, 2.45) is 0 Å². The number of hydrogen-bond donors (Lipinski definition) is 2. The Labute approximate surface area is 133 Å². The highest BCUT2D eigenvalue weighted by molar-refractivity contribution is 6.04. The number of urea groups is 1. The summed E-state index contributed by atoms with van der Waals surface area (Å²) in [6.07, 6.45) is 4.48. The monoisotopic (exact) mass is 310 g/mol. The van der Waals surface area contributed by atoms with Gasteiger partial charge in [-0.2, -0.15) is 0 Å². The quantitative estimate of drug-likeness (QED) is 0.719. The van der Waals surface area contributed by atoms with Crippen LogP contribution in [0.4, 0.5) is 4.79 Å². The number of fused-ring (bicyclic) bond motifs is 3. The molecule has 23 heavy (non-hydrogen) atoms. The molecule has 3 aromatic heterocycles. The first-order chi connectivity index (χ1) is 11.2. The number of carbonyl (C=O) groups is 1. The van der Waals surface area contributed by atoms with Crippen LogP contribution in [0.1, 0.15) is 23.9 Å². The van der Waals surface area contributed by atoms with E-state index in [1.54, 1.807) is 19.4 Å². The van der Waals surface area contributed by atoms with Gasteiger partial charge in [0.1, 0.15) is 5.82 Å². The van der Waals surface area contributed by atoms with Gasteiger partial charge in [-0.05, 0) is 19.4 Å². The number of nitrogens with zero attached hydrogens (tertiary/aromatic N) is 4. The lowest BCUT2D eigenvalue weighted by molar-refractivity contribution is 0.210. The predicted molar refractivity (Wildman–Crippen MR) is 87.3 cm³/mol. The molecule has 2 N–H and O–H groups in total. The number of carbonyl (C=O) groups excluding carboxylic acids is 1. The van der Waals surface area contributed by atoms with E-state index in [-0.39, 0.29) is 11.9 Å². The topological polar surface area (TPSA) is 86.8 Å². The molecular weight excluding hydrogens is 292 g/mol. The average molecular weight is 310 g/mol. The minimum atomic E-state index is -0.0237. The van der Waals surface area contributed by atoms with Gasteiger partial charge in [-0.3, -0.25) is 0 Å². The third-order valence-corrected chi connectivity index (χ3v) is 4.48. The van der Waals surface area contributed by atoms with E-state index in [0.29, 0.717) is 6.54 Å². The van der Waals surface area contributed by atoms with E-state index >= 15 is 0 Å². The molecule has 1 saturated heterocycles. The number of H-pyrrole nitrogens is 1. The van der Waals surface area contributed by atoms with Crippen LogP contribution in [0.25, 0.3) is 21.9 Å². The Morgan fingerprint density at radius 3 is 3.13 bits per heavy atom. The zero-order chi connectivity index (χ0) is 16.0. The number of aromatic nitrogens is 4. The summed E-state index contributed by atoms with van der Waals surface area (Å²) in [6.45, 7) is 3.41. The van der Waals surface area contributed by atoms with Crippen LogP contribution in [0.3, 0.4) is 0 Å². The van der Waals surface area contributed by atoms with Crippen molar-refractivity contribution in [3.8, 4) is 0 Å². The summed E-state index contributed by atoms with van der Waals surface area (Å²) in [4.78, 5) is 30.4. The van der Waals surface area contributed by atoms with Crippen molar-refractivity contribution in [2.45, 2.75) is 19.3 Å². The van der Waals surface area contributed by atoms with E-state index in [1.165, 1.54) is 0 Å². The van der Waals surface area contributed by atoms with Gasteiger partial charge in [0, 0.05) is 48.7 Å². The maximum absolute atomic E-state index is 11.9. The van der Waals surface area contributed by atoms with E-state index in [0.717, 1.165) is 46.4 Å². The van der Waals surface area contributed by atoms with Crippen LogP contribution in [0.15, 0.2) is 18.5 Å². The van der Waals surface area contributed by atoms with E-state index in [9.17, 15) is 4.79 Å². The van der Waals surface area contributed by atoms with Crippen LogP contribution >= 0.6 is 0 Å². The lowest BCUT2D eigenvalue weighted by Gasteiger charge is -2.17. The molecule has 1 atom stereocenters. The predicted octanol–water partition coefficient (Wildman–Crippen LogP) is 1.94. The van der Waals surface area contributed by atoms with Gasteiger partial charge in [0.15, 0.2) is 5.65 Å². The first kappa shape index (κ1) is 13.9. The Morgan fingerprint density at radius 1 is 1.43 bits per heavy atom. The summed E-state index contributed by atoms with van der Waals surface area (Å²) in [7, 11) is 1.67. The molecule has 2 amide bonds. The number of aryl methyl sites for hydroxylation is 1. The van der Waals surface area contributed by atoms with E-state index < -0.39 is 0 Å². The van der Waals surface area contributed by atoms with E-state index in [2.05, 4.69) is 25.3 Å². The molecule has 1 aliphatic rings. The van der Waals surface area contributed by atoms with E-state index in [4.69, 9.17) is 0 Å². The highest BCUT2D eigenvalue weighted by Gasteiger charge is 2.29. The fourth-order valence-electron chi connectivity index (χ4n) is 3.43. The van der Waals surface area contributed by atoms with Crippen molar-refractivity contribution in [3.05, 3.63) is 30.0 Å². The number of aromatic amines is 1. The highest BCUT2D eigenvalue weighted by Crippen LogP contribution is 2.33. The summed E-state index contributed by atoms with van der Waals surface area (Å²) >= 11 is 0. The second-order valence-electron chi connectivity index (χ2n) is 5.92. The lowest BCUT2D eigenvalue weighted by Crippen LogP contribution is -2.36. The molecule has 0 radical (unpaired) electrons. The summed E-state index contributed by atoms with van der Waals surface area (Å²) in [5.74, 6) is 1.11. The van der Waals surface area contributed by atoms with Crippen LogP contribution in [-0.2, 0) is 0 Å². The molecule has 7 nitrogen and oxygen atoms in total. The molecule has 1 fully saturated rings. The number of hydrogen-bond acceptors (Lipinski definition) is 4. The van der Waals surface area contributed by atoms with Gasteiger partial charge >= 0.3 is 6.03 Å². The SMILES string of the molecule is CNC(=O)N1CCC(c2[nH]c(C)nc3cnc4nccc4c23)C1. The smallest absolute Gasteiger partial charge is 0.317 e. The molecule has 0 aliphatic carbocycles. The third-order valence-electron chi connectivity index (χ3n) is 4.48. The number of amides is 2. The van der Waals surface area contributed by atoms with Crippen molar-refractivity contribution in [2.75, 3.05) is 20.1 Å². The summed E-state index contributed by atoms with van der Waals surface area (Å²) in [5.41, 5.74) is 2.73. The molecule has 0 aromatic carbocycles. The van der Waals surface area contributed by atoms with Crippen molar-refractivity contribution in [3.63, 3.8) is 0 Å². The standard InChI is InChI=1S/C16H18N6O/c1-9-20-12-7-19-15-11(3-5-18-15)13(12)14(21-9)10-4-6-22(8-10)16(23)17-2/h3,5,7,10H,4,6,8H2,1-2H3,(H,17,23)(H,20,21). The van der Waals surface area contributed by atoms with Gasteiger partial charge in [-0.1, -0.05) is 0 Å². The van der Waals surface area contributed by atoms with Gasteiger partial charge in [-0.25, -0.2) is 19.7 Å². The second kappa shape index (κ2) is 5.19. The second-order valence-corrected chi connectivity index (χ2v) is 5.92. The Balaban J connectivity index is 1.86. The minimum absolute atomic E-state index is 0.0237. The zero-order valence-electron chi connectivity index (χ0n) is 13.1. The van der Waals surface area contributed by atoms with Crippen LogP contribution < -0.4 is 5.32 Å². The van der Waals surface area contributed by atoms with Crippen molar-refractivity contribution in [1.29, 1.82) is 0 Å². The average Bonchev–Trinajstić information content (AvgIpc) is 3.21. The van der Waals surface area contributed by atoms with Crippen LogP contribution in [0.5, 0.6) is 0 Å². The Bertz CT molecular complexity index is 902. The lowest BCUT2D eigenvalue weighted by atomic mass is 9.99.